The molecule has 0 bridgehead atoms. The zero-order valence-electron chi connectivity index (χ0n) is 22.7. The van der Waals surface area contributed by atoms with Crippen molar-refractivity contribution in [3.05, 3.63) is 101 Å². The molecule has 2 unspecified atom stereocenters. The number of amides is 2. The molecule has 3 N–H and O–H groups in total. The number of ether oxygens (including phenoxy) is 1. The predicted molar refractivity (Wildman–Crippen MR) is 146 cm³/mol. The second kappa shape index (κ2) is 14.7. The number of furan rings is 2. The zero-order valence-corrected chi connectivity index (χ0v) is 22.7. The van der Waals surface area contributed by atoms with Crippen molar-refractivity contribution in [2.24, 2.45) is 5.92 Å². The first-order chi connectivity index (χ1) is 20.0. The Kier molecular flexibility index (Phi) is 11.1. The van der Waals surface area contributed by atoms with E-state index in [9.17, 15) is 32.7 Å². The van der Waals surface area contributed by atoms with Crippen LogP contribution in [0.15, 0.2) is 99.1 Å². The van der Waals surface area contributed by atoms with Gasteiger partial charge in [-0.05, 0) is 47.9 Å². The van der Waals surface area contributed by atoms with Gasteiger partial charge in [0.2, 0.25) is 5.91 Å². The molecule has 0 radical (unpaired) electrons. The number of halogens is 3. The van der Waals surface area contributed by atoms with Gasteiger partial charge in [-0.1, -0.05) is 44.2 Å². The average Bonchev–Trinajstić information content (AvgIpc) is 3.70. The highest BCUT2D eigenvalue weighted by Gasteiger charge is 2.45. The molecule has 0 aliphatic rings. The normalized spacial score (nSPS) is 12.5. The predicted octanol–water partition coefficient (Wildman–Crippen LogP) is 5.20. The minimum Gasteiger partial charge on any atom is -0.473 e. The molecule has 0 aliphatic heterocycles. The fourth-order valence-corrected chi connectivity index (χ4v) is 3.75. The Morgan fingerprint density at radius 1 is 0.976 bits per heavy atom. The van der Waals surface area contributed by atoms with Crippen molar-refractivity contribution in [1.29, 1.82) is 0 Å². The molecule has 3 heterocycles. The van der Waals surface area contributed by atoms with Gasteiger partial charge in [-0.25, -0.2) is 4.79 Å². The van der Waals surface area contributed by atoms with Crippen LogP contribution in [-0.4, -0.2) is 40.0 Å². The summed E-state index contributed by atoms with van der Waals surface area (Å²) in [5.41, 5.74) is -0.179. The quantitative estimate of drug-likeness (QED) is 0.244. The number of alkyl halides is 3. The van der Waals surface area contributed by atoms with Crippen LogP contribution < -0.4 is 16.2 Å². The molecule has 0 saturated heterocycles. The van der Waals surface area contributed by atoms with Crippen molar-refractivity contribution in [3.8, 4) is 11.5 Å². The molecule has 1 aromatic carbocycles. The minimum atomic E-state index is -4.96. The first-order valence-electron chi connectivity index (χ1n) is 12.7. The molecule has 3 aromatic heterocycles. The summed E-state index contributed by atoms with van der Waals surface area (Å²) in [6, 6.07) is 16.6. The molecule has 10 nitrogen and oxygen atoms in total. The van der Waals surface area contributed by atoms with Gasteiger partial charge in [-0.3, -0.25) is 19.5 Å². The third-order valence-corrected chi connectivity index (χ3v) is 5.85. The average molecular weight is 590 g/mol. The Morgan fingerprint density at radius 3 is 2.21 bits per heavy atom. The van der Waals surface area contributed by atoms with Crippen LogP contribution >= 0.6 is 0 Å². The third-order valence-electron chi connectivity index (χ3n) is 5.85. The van der Waals surface area contributed by atoms with E-state index in [0.29, 0.717) is 0 Å². The fourth-order valence-electron chi connectivity index (χ4n) is 3.75. The second-order valence-electron chi connectivity index (χ2n) is 9.30. The van der Waals surface area contributed by atoms with Crippen LogP contribution in [0.1, 0.15) is 19.4 Å². The van der Waals surface area contributed by atoms with E-state index < -0.39 is 48.3 Å². The van der Waals surface area contributed by atoms with Gasteiger partial charge in [-0.2, -0.15) is 13.2 Å². The van der Waals surface area contributed by atoms with Crippen LogP contribution in [0.2, 0.25) is 0 Å². The van der Waals surface area contributed by atoms with Crippen LogP contribution in [0.5, 0.6) is 0 Å². The summed E-state index contributed by atoms with van der Waals surface area (Å²) in [5, 5.41) is 14.2. The number of hydrogen-bond acceptors (Lipinski definition) is 7. The molecular weight excluding hydrogens is 559 g/mol. The minimum absolute atomic E-state index is 0.0497. The molecule has 4 aromatic rings. The van der Waals surface area contributed by atoms with Gasteiger partial charge in [0.15, 0.2) is 6.10 Å². The van der Waals surface area contributed by atoms with Gasteiger partial charge in [0, 0.05) is 0 Å². The molecule has 0 aliphatic carbocycles. The molecule has 224 valence electrons. The standard InChI is InChI=1S/C25H26F3N3O6.C4H4O/c1-15(2)21(22(33)25(26,27)28)30-20(32)13-31-18(19-9-6-12-36-19)11-10-17(23(31)34)29-24(35)37-14-16-7-4-3-5-8-16;1-2-4-5-3-1/h3-12,15,21-22,33H,13-14H2,1-2H3,(H,29,35)(H,30,32);1-4H. The van der Waals surface area contributed by atoms with Crippen molar-refractivity contribution in [2.45, 2.75) is 45.3 Å². The molecule has 0 fully saturated rings. The number of aliphatic hydroxyl groups is 1. The van der Waals surface area contributed by atoms with Gasteiger partial charge in [0.05, 0.1) is 30.5 Å². The van der Waals surface area contributed by atoms with E-state index in [1.54, 1.807) is 48.9 Å². The first-order valence-corrected chi connectivity index (χ1v) is 12.7. The molecule has 42 heavy (non-hydrogen) atoms. The first kappa shape index (κ1) is 31.7. The van der Waals surface area contributed by atoms with Crippen molar-refractivity contribution in [3.63, 3.8) is 0 Å². The third kappa shape index (κ3) is 9.13. The number of carbonyl (C=O) groups excluding carboxylic acids is 2. The Labute approximate surface area is 238 Å². The lowest BCUT2D eigenvalue weighted by Gasteiger charge is -2.29. The lowest BCUT2D eigenvalue weighted by molar-refractivity contribution is -0.215. The lowest BCUT2D eigenvalue weighted by atomic mass is 9.98. The molecule has 2 atom stereocenters. The highest BCUT2D eigenvalue weighted by molar-refractivity contribution is 5.85. The summed E-state index contributed by atoms with van der Waals surface area (Å²) in [5.74, 6) is -1.52. The van der Waals surface area contributed by atoms with E-state index in [-0.39, 0.29) is 23.7 Å². The number of hydrogen-bond donors (Lipinski definition) is 3. The number of nitrogens with one attached hydrogen (secondary N) is 2. The van der Waals surface area contributed by atoms with Crippen molar-refractivity contribution in [1.82, 2.24) is 9.88 Å². The highest BCUT2D eigenvalue weighted by atomic mass is 19.4. The number of benzene rings is 1. The number of aliphatic hydroxyl groups excluding tert-OH is 1. The zero-order chi connectivity index (χ0) is 30.7. The lowest BCUT2D eigenvalue weighted by Crippen LogP contribution is -2.53. The van der Waals surface area contributed by atoms with Crippen LogP contribution in [0, 0.1) is 5.92 Å². The summed E-state index contributed by atoms with van der Waals surface area (Å²) < 4.78 is 55.2. The van der Waals surface area contributed by atoms with E-state index >= 15 is 0 Å². The number of carbonyl (C=O) groups is 2. The van der Waals surface area contributed by atoms with Gasteiger partial charge in [0.1, 0.15) is 24.6 Å². The van der Waals surface area contributed by atoms with Gasteiger partial charge >= 0.3 is 12.3 Å². The molecule has 0 saturated carbocycles. The topological polar surface area (TPSA) is 136 Å². The number of pyridine rings is 1. The largest absolute Gasteiger partial charge is 0.473 e. The number of aromatic nitrogens is 1. The Bertz CT molecular complexity index is 1430. The smallest absolute Gasteiger partial charge is 0.416 e. The maximum atomic E-state index is 13.2. The summed E-state index contributed by atoms with van der Waals surface area (Å²) >= 11 is 0. The van der Waals surface area contributed by atoms with Crippen LogP contribution in [0.3, 0.4) is 0 Å². The SMILES string of the molecule is CC(C)C(NC(=O)Cn1c(-c2ccco2)ccc(NC(=O)OCc2ccccc2)c1=O)C(O)C(F)(F)F.c1ccoc1. The Morgan fingerprint density at radius 2 is 1.67 bits per heavy atom. The Balaban J connectivity index is 0.000000873. The van der Waals surface area contributed by atoms with E-state index in [1.165, 1.54) is 38.3 Å². The van der Waals surface area contributed by atoms with Crippen molar-refractivity contribution in [2.75, 3.05) is 5.32 Å². The van der Waals surface area contributed by atoms with E-state index in [4.69, 9.17) is 9.15 Å². The molecular formula is C29H30F3N3O7. The van der Waals surface area contributed by atoms with Crippen LogP contribution in [0.4, 0.5) is 23.7 Å². The van der Waals surface area contributed by atoms with Crippen LogP contribution in [-0.2, 0) is 22.7 Å². The number of rotatable bonds is 9. The maximum Gasteiger partial charge on any atom is 0.416 e. The summed E-state index contributed by atoms with van der Waals surface area (Å²) in [6.07, 6.45) is -4.09. The maximum absolute atomic E-state index is 13.2. The second-order valence-corrected chi connectivity index (χ2v) is 9.30. The summed E-state index contributed by atoms with van der Waals surface area (Å²) in [4.78, 5) is 38.2. The molecule has 0 spiro atoms. The fraction of sp³-hybridized carbons (Fsp3) is 0.276. The van der Waals surface area contributed by atoms with Gasteiger partial charge in [-0.15, -0.1) is 0 Å². The number of anilines is 1. The van der Waals surface area contributed by atoms with Crippen molar-refractivity contribution < 1.29 is 41.4 Å². The van der Waals surface area contributed by atoms with E-state index in [2.05, 4.69) is 15.1 Å². The van der Waals surface area contributed by atoms with Crippen molar-refractivity contribution >= 4 is 17.7 Å². The van der Waals surface area contributed by atoms with E-state index in [1.807, 2.05) is 12.1 Å². The molecule has 4 rings (SSSR count). The molecule has 2 amide bonds. The number of nitrogens with zero attached hydrogens (tertiary/aromatic N) is 1. The highest BCUT2D eigenvalue weighted by Crippen LogP contribution is 2.26. The monoisotopic (exact) mass is 589 g/mol. The van der Waals surface area contributed by atoms with Gasteiger partial charge in [0.25, 0.3) is 5.56 Å². The summed E-state index contributed by atoms with van der Waals surface area (Å²) in [7, 11) is 0. The van der Waals surface area contributed by atoms with E-state index in [0.717, 1.165) is 10.1 Å². The van der Waals surface area contributed by atoms with Crippen LogP contribution in [0.25, 0.3) is 11.5 Å². The Hall–Kier alpha value is -4.78. The van der Waals surface area contributed by atoms with Gasteiger partial charge < -0.3 is 24.0 Å². The summed E-state index contributed by atoms with van der Waals surface area (Å²) in [6.45, 7) is 2.06. The molecule has 13 heteroatoms.